The Morgan fingerprint density at radius 1 is 1.19 bits per heavy atom. The Labute approximate surface area is 181 Å². The zero-order valence-electron chi connectivity index (χ0n) is 18.3. The van der Waals surface area contributed by atoms with E-state index in [9.17, 15) is 19.5 Å². The van der Waals surface area contributed by atoms with Crippen LogP contribution in [0.4, 0.5) is 0 Å². The van der Waals surface area contributed by atoms with E-state index in [0.29, 0.717) is 31.3 Å². The van der Waals surface area contributed by atoms with Gasteiger partial charge in [-0.05, 0) is 49.7 Å². The Bertz CT molecular complexity index is 940. The number of epoxide rings is 1. The SMILES string of the molecule is COC(=O)[C@H]1[C@@H]2[C@H]3CC[C@@]4(CCC(=O)O4)[C@@]3(C)C[C@@H]3O[C@]23[C@@]2(C)CCC(=O)C=C2[C@H]1O. The Hall–Kier alpha value is -1.73. The smallest absolute Gasteiger partial charge is 0.312 e. The number of carbonyl (C=O) groups is 3. The van der Waals surface area contributed by atoms with Crippen LogP contribution in [-0.4, -0.2) is 53.3 Å². The van der Waals surface area contributed by atoms with Gasteiger partial charge in [0.1, 0.15) is 11.2 Å². The highest BCUT2D eigenvalue weighted by atomic mass is 16.6. The predicted molar refractivity (Wildman–Crippen MR) is 107 cm³/mol. The number of carbonyl (C=O) groups excluding carboxylic acids is 3. The molecule has 168 valence electrons. The van der Waals surface area contributed by atoms with Crippen molar-refractivity contribution >= 4 is 17.7 Å². The molecule has 2 heterocycles. The Morgan fingerprint density at radius 3 is 2.65 bits per heavy atom. The van der Waals surface area contributed by atoms with Crippen molar-refractivity contribution in [3.05, 3.63) is 11.6 Å². The minimum atomic E-state index is -1.08. The molecule has 7 heteroatoms. The molecule has 4 aliphatic carbocycles. The van der Waals surface area contributed by atoms with E-state index in [-0.39, 0.29) is 35.1 Å². The first-order valence-corrected chi connectivity index (χ1v) is 11.5. The number of rotatable bonds is 1. The van der Waals surface area contributed by atoms with Crippen LogP contribution in [0.1, 0.15) is 58.8 Å². The average molecular weight is 430 g/mol. The second-order valence-electron chi connectivity index (χ2n) is 11.1. The molecule has 9 atom stereocenters. The molecule has 0 aromatic heterocycles. The number of aliphatic hydroxyl groups is 1. The Morgan fingerprint density at radius 2 is 1.97 bits per heavy atom. The second-order valence-corrected chi connectivity index (χ2v) is 11.1. The lowest BCUT2D eigenvalue weighted by Crippen LogP contribution is -2.66. The van der Waals surface area contributed by atoms with Gasteiger partial charge in [0.15, 0.2) is 5.78 Å². The Balaban J connectivity index is 1.52. The monoisotopic (exact) mass is 430 g/mol. The summed E-state index contributed by atoms with van der Waals surface area (Å²) in [6, 6.07) is 0. The fraction of sp³-hybridized carbons (Fsp3) is 0.792. The molecule has 0 aromatic carbocycles. The summed E-state index contributed by atoms with van der Waals surface area (Å²) in [6.07, 6.45) is 4.91. The maximum atomic E-state index is 13.1. The third kappa shape index (κ3) is 2.06. The number of esters is 2. The number of methoxy groups -OCH3 is 1. The summed E-state index contributed by atoms with van der Waals surface area (Å²) in [4.78, 5) is 37.5. The van der Waals surface area contributed by atoms with Crippen molar-refractivity contribution < 1.29 is 33.7 Å². The zero-order chi connectivity index (χ0) is 22.0. The predicted octanol–water partition coefficient (Wildman–Crippen LogP) is 2.10. The number of hydrogen-bond acceptors (Lipinski definition) is 7. The van der Waals surface area contributed by atoms with Gasteiger partial charge in [-0.25, -0.2) is 0 Å². The highest BCUT2D eigenvalue weighted by Crippen LogP contribution is 2.78. The molecule has 6 rings (SSSR count). The van der Waals surface area contributed by atoms with Crippen LogP contribution in [0, 0.1) is 28.6 Å². The van der Waals surface area contributed by atoms with Gasteiger partial charge >= 0.3 is 11.9 Å². The molecule has 0 unspecified atom stereocenters. The van der Waals surface area contributed by atoms with Crippen LogP contribution in [0.3, 0.4) is 0 Å². The topological polar surface area (TPSA) is 102 Å². The van der Waals surface area contributed by atoms with E-state index >= 15 is 0 Å². The van der Waals surface area contributed by atoms with Gasteiger partial charge in [0.2, 0.25) is 0 Å². The maximum absolute atomic E-state index is 13.1. The molecule has 3 saturated carbocycles. The standard InChI is InChI=1S/C24H30O7/c1-21-7-4-12(25)10-14(21)19(27)17(20(28)29-3)18-13-5-8-23(9-6-16(26)31-23)22(13,2)11-15-24(18,21)30-15/h10,13,15,17-19,27H,4-9,11H2,1-3H3/t13-,15+,17+,18+,19-,21+,22+,23-,24+/m1/s1. The fourth-order valence-electron chi connectivity index (χ4n) is 8.74. The zero-order valence-corrected chi connectivity index (χ0v) is 18.3. The lowest BCUT2D eigenvalue weighted by molar-refractivity contribution is -0.179. The van der Waals surface area contributed by atoms with E-state index in [1.54, 1.807) is 6.08 Å². The Kier molecular flexibility index (Phi) is 3.72. The van der Waals surface area contributed by atoms with Crippen molar-refractivity contribution in [2.45, 2.75) is 82.2 Å². The molecular weight excluding hydrogens is 400 g/mol. The van der Waals surface area contributed by atoms with Crippen molar-refractivity contribution in [2.24, 2.45) is 28.6 Å². The maximum Gasteiger partial charge on any atom is 0.312 e. The lowest BCUT2D eigenvalue weighted by Gasteiger charge is -2.59. The van der Waals surface area contributed by atoms with E-state index in [0.717, 1.165) is 19.3 Å². The second kappa shape index (κ2) is 5.79. The first-order chi connectivity index (χ1) is 14.6. The number of ether oxygens (including phenoxy) is 3. The fourth-order valence-corrected chi connectivity index (χ4v) is 8.74. The highest BCUT2D eigenvalue weighted by Gasteiger charge is 2.84. The molecule has 5 fully saturated rings. The molecule has 1 N–H and O–H groups in total. The molecule has 7 nitrogen and oxygen atoms in total. The number of hydrogen-bond donors (Lipinski definition) is 1. The molecule has 0 radical (unpaired) electrons. The van der Waals surface area contributed by atoms with Gasteiger partial charge < -0.3 is 19.3 Å². The lowest BCUT2D eigenvalue weighted by atomic mass is 9.43. The molecule has 2 spiro atoms. The largest absolute Gasteiger partial charge is 0.469 e. The molecule has 2 aliphatic heterocycles. The van der Waals surface area contributed by atoms with Crippen LogP contribution < -0.4 is 0 Å². The first-order valence-electron chi connectivity index (χ1n) is 11.5. The van der Waals surface area contributed by atoms with E-state index in [4.69, 9.17) is 14.2 Å². The van der Waals surface area contributed by atoms with Crippen molar-refractivity contribution in [1.82, 2.24) is 0 Å². The van der Waals surface area contributed by atoms with Crippen LogP contribution in [0.2, 0.25) is 0 Å². The quantitative estimate of drug-likeness (QED) is 0.502. The van der Waals surface area contributed by atoms with Crippen LogP contribution in [0.5, 0.6) is 0 Å². The molecular formula is C24H30O7. The van der Waals surface area contributed by atoms with Gasteiger partial charge in [-0.15, -0.1) is 0 Å². The molecule has 31 heavy (non-hydrogen) atoms. The van der Waals surface area contributed by atoms with Crippen molar-refractivity contribution in [2.75, 3.05) is 7.11 Å². The number of aliphatic hydroxyl groups excluding tert-OH is 1. The van der Waals surface area contributed by atoms with E-state index in [1.165, 1.54) is 7.11 Å². The van der Waals surface area contributed by atoms with Crippen molar-refractivity contribution in [1.29, 1.82) is 0 Å². The summed E-state index contributed by atoms with van der Waals surface area (Å²) in [5, 5.41) is 11.5. The van der Waals surface area contributed by atoms with Gasteiger partial charge in [-0.1, -0.05) is 13.8 Å². The van der Waals surface area contributed by atoms with Gasteiger partial charge in [0.25, 0.3) is 0 Å². The van der Waals surface area contributed by atoms with Crippen LogP contribution in [-0.2, 0) is 28.6 Å². The van der Waals surface area contributed by atoms with E-state index in [1.807, 2.05) is 0 Å². The summed E-state index contributed by atoms with van der Waals surface area (Å²) < 4.78 is 17.7. The van der Waals surface area contributed by atoms with Gasteiger partial charge in [-0.3, -0.25) is 14.4 Å². The van der Waals surface area contributed by atoms with Gasteiger partial charge in [0, 0.05) is 29.6 Å². The minimum Gasteiger partial charge on any atom is -0.469 e. The summed E-state index contributed by atoms with van der Waals surface area (Å²) in [5.41, 5.74) is -1.29. The average Bonchev–Trinajstić information content (AvgIpc) is 3.23. The third-order valence-electron chi connectivity index (χ3n) is 10.3. The summed E-state index contributed by atoms with van der Waals surface area (Å²) in [5.74, 6) is -1.59. The molecule has 6 aliphatic rings. The highest BCUT2D eigenvalue weighted by molar-refractivity contribution is 5.92. The van der Waals surface area contributed by atoms with Crippen LogP contribution in [0.25, 0.3) is 0 Å². The van der Waals surface area contributed by atoms with Crippen molar-refractivity contribution in [3.63, 3.8) is 0 Å². The third-order valence-corrected chi connectivity index (χ3v) is 10.3. The molecule has 2 saturated heterocycles. The first kappa shape index (κ1) is 19.9. The summed E-state index contributed by atoms with van der Waals surface area (Å²) >= 11 is 0. The normalized spacial score (nSPS) is 54.3. The molecule has 0 aromatic rings. The molecule has 0 amide bonds. The minimum absolute atomic E-state index is 0.0134. The summed E-state index contributed by atoms with van der Waals surface area (Å²) in [6.45, 7) is 4.28. The van der Waals surface area contributed by atoms with E-state index in [2.05, 4.69) is 13.8 Å². The van der Waals surface area contributed by atoms with Crippen LogP contribution >= 0.6 is 0 Å². The number of ketones is 1. The van der Waals surface area contributed by atoms with Gasteiger partial charge in [-0.2, -0.15) is 0 Å². The van der Waals surface area contributed by atoms with Gasteiger partial charge in [0.05, 0.1) is 25.2 Å². The summed E-state index contributed by atoms with van der Waals surface area (Å²) in [7, 11) is 1.35. The van der Waals surface area contributed by atoms with Crippen molar-refractivity contribution in [3.8, 4) is 0 Å². The molecule has 0 bridgehead atoms. The number of fused-ring (bicyclic) bond motifs is 4. The van der Waals surface area contributed by atoms with E-state index < -0.39 is 34.6 Å². The van der Waals surface area contributed by atoms with Crippen LogP contribution in [0.15, 0.2) is 11.6 Å².